The van der Waals surface area contributed by atoms with E-state index in [4.69, 9.17) is 16.3 Å². The lowest BCUT2D eigenvalue weighted by atomic mass is 10.3. The Morgan fingerprint density at radius 3 is 2.54 bits per heavy atom. The first-order chi connectivity index (χ1) is 12.5. The van der Waals surface area contributed by atoms with Gasteiger partial charge in [-0.05, 0) is 36.4 Å². The van der Waals surface area contributed by atoms with Crippen LogP contribution in [0.2, 0.25) is 5.02 Å². The second kappa shape index (κ2) is 7.49. The molecule has 0 aliphatic rings. The number of nitrogens with one attached hydrogen (secondary N) is 2. The lowest BCUT2D eigenvalue weighted by Gasteiger charge is -2.12. The summed E-state index contributed by atoms with van der Waals surface area (Å²) in [5.74, 6) is -3.34. The van der Waals surface area contributed by atoms with Crippen LogP contribution in [0.15, 0.2) is 42.6 Å². The van der Waals surface area contributed by atoms with E-state index in [1.54, 1.807) is 24.3 Å². The number of nitrogens with zero attached hydrogens (tertiary/aromatic N) is 2. The first-order valence-electron chi connectivity index (χ1n) is 7.32. The summed E-state index contributed by atoms with van der Waals surface area (Å²) in [6, 6.07) is 8.42. The number of rotatable bonds is 5. The van der Waals surface area contributed by atoms with Crippen molar-refractivity contribution in [3.8, 4) is 5.75 Å². The fourth-order valence-corrected chi connectivity index (χ4v) is 2.32. The maximum absolute atomic E-state index is 13.8. The van der Waals surface area contributed by atoms with Gasteiger partial charge in [0.25, 0.3) is 0 Å². The van der Waals surface area contributed by atoms with Crippen LogP contribution < -0.4 is 15.4 Å². The third-order valence-electron chi connectivity index (χ3n) is 3.36. The van der Waals surface area contributed by atoms with E-state index in [0.717, 1.165) is 12.1 Å². The predicted molar refractivity (Wildman–Crippen MR) is 92.9 cm³/mol. The Morgan fingerprint density at radius 1 is 0.962 bits per heavy atom. The minimum atomic E-state index is -1.58. The van der Waals surface area contributed by atoms with Crippen LogP contribution in [0.5, 0.6) is 5.75 Å². The van der Waals surface area contributed by atoms with Crippen molar-refractivity contribution in [1.29, 1.82) is 0 Å². The third kappa shape index (κ3) is 3.80. The predicted octanol–water partition coefficient (Wildman–Crippen LogP) is 5.04. The van der Waals surface area contributed by atoms with Gasteiger partial charge in [0.05, 0.1) is 18.5 Å². The van der Waals surface area contributed by atoms with Crippen LogP contribution in [0.3, 0.4) is 0 Å². The zero-order chi connectivity index (χ0) is 18.7. The van der Waals surface area contributed by atoms with E-state index in [-0.39, 0.29) is 11.6 Å². The third-order valence-corrected chi connectivity index (χ3v) is 3.60. The molecule has 0 unspecified atom stereocenters. The van der Waals surface area contributed by atoms with Crippen molar-refractivity contribution >= 4 is 34.7 Å². The lowest BCUT2D eigenvalue weighted by Crippen LogP contribution is -2.04. The van der Waals surface area contributed by atoms with E-state index in [0.29, 0.717) is 22.3 Å². The summed E-state index contributed by atoms with van der Waals surface area (Å²) in [6.45, 7) is 0. The number of methoxy groups -OCH3 is 1. The van der Waals surface area contributed by atoms with Gasteiger partial charge in [-0.25, -0.2) is 18.2 Å². The van der Waals surface area contributed by atoms with Crippen molar-refractivity contribution in [2.24, 2.45) is 0 Å². The first-order valence-corrected chi connectivity index (χ1v) is 7.70. The van der Waals surface area contributed by atoms with Gasteiger partial charge in [-0.1, -0.05) is 11.6 Å². The molecule has 0 fully saturated rings. The summed E-state index contributed by atoms with van der Waals surface area (Å²) in [4.78, 5) is 8.07. The molecule has 9 heteroatoms. The van der Waals surface area contributed by atoms with Crippen molar-refractivity contribution in [1.82, 2.24) is 9.97 Å². The average molecular weight is 381 g/mol. The molecule has 134 valence electrons. The molecule has 3 rings (SSSR count). The van der Waals surface area contributed by atoms with Crippen molar-refractivity contribution in [3.05, 3.63) is 65.1 Å². The number of hydrogen-bond acceptors (Lipinski definition) is 5. The molecular weight excluding hydrogens is 369 g/mol. The molecule has 0 radical (unpaired) electrons. The van der Waals surface area contributed by atoms with Gasteiger partial charge in [-0.15, -0.1) is 0 Å². The van der Waals surface area contributed by atoms with Crippen molar-refractivity contribution < 1.29 is 17.9 Å². The molecule has 5 nitrogen and oxygen atoms in total. The van der Waals surface area contributed by atoms with E-state index in [1.807, 2.05) is 0 Å². The topological polar surface area (TPSA) is 59.1 Å². The van der Waals surface area contributed by atoms with Crippen molar-refractivity contribution in [3.63, 3.8) is 0 Å². The summed E-state index contributed by atoms with van der Waals surface area (Å²) in [5, 5.41) is 5.99. The molecule has 0 aliphatic heterocycles. The number of anilines is 4. The standard InChI is InChI=1S/C17H12ClF3N4O/c1-26-13-5-2-9(18)8-12(13)23-14-6-7-22-17(25-14)24-11-4-3-10(19)15(20)16(11)21/h2-8H,1H3,(H2,22,23,24,25). The Balaban J connectivity index is 1.85. The molecule has 3 aromatic rings. The smallest absolute Gasteiger partial charge is 0.229 e. The fraction of sp³-hybridized carbons (Fsp3) is 0.0588. The number of ether oxygens (including phenoxy) is 1. The molecule has 0 amide bonds. The van der Waals surface area contributed by atoms with Crippen LogP contribution in [0.1, 0.15) is 0 Å². The highest BCUT2D eigenvalue weighted by Gasteiger charge is 2.14. The molecule has 0 saturated heterocycles. The Kier molecular flexibility index (Phi) is 5.13. The van der Waals surface area contributed by atoms with Gasteiger partial charge in [-0.3, -0.25) is 0 Å². The molecule has 0 saturated carbocycles. The zero-order valence-corrected chi connectivity index (χ0v) is 14.1. The highest BCUT2D eigenvalue weighted by molar-refractivity contribution is 6.31. The second-order valence-corrected chi connectivity index (χ2v) is 5.52. The van der Waals surface area contributed by atoms with Crippen LogP contribution in [-0.2, 0) is 0 Å². The Bertz CT molecular complexity index is 955. The van der Waals surface area contributed by atoms with Crippen LogP contribution in [-0.4, -0.2) is 17.1 Å². The van der Waals surface area contributed by atoms with Gasteiger partial charge in [0.1, 0.15) is 11.6 Å². The van der Waals surface area contributed by atoms with E-state index in [2.05, 4.69) is 20.6 Å². The van der Waals surface area contributed by atoms with Crippen LogP contribution in [0.4, 0.5) is 36.3 Å². The maximum Gasteiger partial charge on any atom is 0.229 e. The zero-order valence-electron chi connectivity index (χ0n) is 13.4. The second-order valence-electron chi connectivity index (χ2n) is 5.08. The van der Waals surface area contributed by atoms with Gasteiger partial charge in [0.2, 0.25) is 5.95 Å². The van der Waals surface area contributed by atoms with Crippen molar-refractivity contribution in [2.45, 2.75) is 0 Å². The van der Waals surface area contributed by atoms with Gasteiger partial charge >= 0.3 is 0 Å². The molecule has 26 heavy (non-hydrogen) atoms. The molecular formula is C17H12ClF3N4O. The number of hydrogen-bond donors (Lipinski definition) is 2. The fourth-order valence-electron chi connectivity index (χ4n) is 2.15. The number of halogens is 4. The minimum absolute atomic E-state index is 0.0131. The molecule has 0 atom stereocenters. The molecule has 2 N–H and O–H groups in total. The van der Waals surface area contributed by atoms with Crippen LogP contribution in [0, 0.1) is 17.5 Å². The summed E-state index contributed by atoms with van der Waals surface area (Å²) < 4.78 is 45.3. The maximum atomic E-state index is 13.8. The molecule has 0 bridgehead atoms. The Morgan fingerprint density at radius 2 is 1.77 bits per heavy atom. The average Bonchev–Trinajstić information content (AvgIpc) is 2.63. The molecule has 1 heterocycles. The van der Waals surface area contributed by atoms with E-state index in [9.17, 15) is 13.2 Å². The largest absolute Gasteiger partial charge is 0.495 e. The Labute approximate surface area is 151 Å². The van der Waals surface area contributed by atoms with Gasteiger partial charge < -0.3 is 15.4 Å². The van der Waals surface area contributed by atoms with Crippen LogP contribution >= 0.6 is 11.6 Å². The van der Waals surface area contributed by atoms with Crippen LogP contribution in [0.25, 0.3) is 0 Å². The summed E-state index contributed by atoms with van der Waals surface area (Å²) in [5.41, 5.74) is 0.269. The van der Waals surface area contributed by atoms with Gasteiger partial charge in [-0.2, -0.15) is 4.98 Å². The molecule has 1 aromatic heterocycles. The van der Waals surface area contributed by atoms with Gasteiger partial charge in [0, 0.05) is 11.2 Å². The molecule has 2 aromatic carbocycles. The monoisotopic (exact) mass is 380 g/mol. The minimum Gasteiger partial charge on any atom is -0.495 e. The first kappa shape index (κ1) is 17.8. The lowest BCUT2D eigenvalue weighted by molar-refractivity contribution is 0.417. The Hall–Kier alpha value is -3.00. The molecule has 0 aliphatic carbocycles. The summed E-state index contributed by atoms with van der Waals surface area (Å²) in [6.07, 6.45) is 1.41. The van der Waals surface area contributed by atoms with E-state index in [1.165, 1.54) is 13.3 Å². The number of benzene rings is 2. The SMILES string of the molecule is COc1ccc(Cl)cc1Nc1ccnc(Nc2ccc(F)c(F)c2F)n1. The normalized spacial score (nSPS) is 10.5. The van der Waals surface area contributed by atoms with Crippen molar-refractivity contribution in [2.75, 3.05) is 17.7 Å². The van der Waals surface area contributed by atoms with Gasteiger partial charge in [0.15, 0.2) is 17.5 Å². The van der Waals surface area contributed by atoms with E-state index < -0.39 is 17.5 Å². The number of aromatic nitrogens is 2. The summed E-state index contributed by atoms with van der Waals surface area (Å²) >= 11 is 5.98. The van der Waals surface area contributed by atoms with E-state index >= 15 is 0 Å². The quantitative estimate of drug-likeness (QED) is 0.607. The summed E-state index contributed by atoms with van der Waals surface area (Å²) in [7, 11) is 1.51. The highest BCUT2D eigenvalue weighted by atomic mass is 35.5. The molecule has 0 spiro atoms. The highest BCUT2D eigenvalue weighted by Crippen LogP contribution is 2.30.